The summed E-state index contributed by atoms with van der Waals surface area (Å²) in [6.45, 7) is 4.43. The van der Waals surface area contributed by atoms with Gasteiger partial charge in [-0.1, -0.05) is 6.07 Å². The number of halogens is 1. The number of ether oxygens (including phenoxy) is 2. The van der Waals surface area contributed by atoms with Crippen LogP contribution in [-0.4, -0.2) is 72.2 Å². The van der Waals surface area contributed by atoms with E-state index in [0.29, 0.717) is 41.2 Å². The standard InChI is InChI=1S/C25H26IN7O4S/c1-35-23-12-17(2-3-22(23)36-10-11-37-26)18-13-29-33(15-18)25-31-20(16-38-25)24(34)30-19-14-28-5-4-21(19)32-8-6-27-7-9-32/h2-5,12-16,27H,6-11H2,1H3,(H,30,34). The van der Waals surface area contributed by atoms with E-state index >= 15 is 0 Å². The zero-order valence-corrected chi connectivity index (χ0v) is 23.6. The van der Waals surface area contributed by atoms with Crippen molar-refractivity contribution in [3.05, 3.63) is 60.1 Å². The molecule has 1 fully saturated rings. The van der Waals surface area contributed by atoms with E-state index in [0.717, 1.165) is 43.0 Å². The first-order valence-corrected chi connectivity index (χ1v) is 13.7. The Morgan fingerprint density at radius 2 is 2.03 bits per heavy atom. The molecule has 4 aromatic rings. The van der Waals surface area contributed by atoms with Crippen molar-refractivity contribution in [3.63, 3.8) is 0 Å². The normalized spacial score (nSPS) is 13.4. The minimum absolute atomic E-state index is 0.294. The lowest BCUT2D eigenvalue weighted by Gasteiger charge is -2.30. The largest absolute Gasteiger partial charge is 0.493 e. The fourth-order valence-electron chi connectivity index (χ4n) is 4.05. The molecule has 5 rings (SSSR count). The Morgan fingerprint density at radius 3 is 2.84 bits per heavy atom. The second-order valence-electron chi connectivity index (χ2n) is 8.30. The van der Waals surface area contributed by atoms with Crippen LogP contribution in [0.15, 0.2) is 54.4 Å². The molecule has 0 bridgehead atoms. The number of nitrogens with zero attached hydrogens (tertiary/aromatic N) is 5. The number of thiazole rings is 1. The second kappa shape index (κ2) is 12.5. The molecule has 0 spiro atoms. The van der Waals surface area contributed by atoms with Gasteiger partial charge in [0.2, 0.25) is 5.13 Å². The summed E-state index contributed by atoms with van der Waals surface area (Å²) < 4.78 is 17.9. The van der Waals surface area contributed by atoms with Crippen molar-refractivity contribution in [2.24, 2.45) is 0 Å². The van der Waals surface area contributed by atoms with Gasteiger partial charge >= 0.3 is 0 Å². The van der Waals surface area contributed by atoms with Gasteiger partial charge in [0.25, 0.3) is 5.91 Å². The first-order chi connectivity index (χ1) is 18.7. The van der Waals surface area contributed by atoms with Crippen LogP contribution in [0.5, 0.6) is 11.5 Å². The number of rotatable bonds is 10. The van der Waals surface area contributed by atoms with Crippen LogP contribution in [0.3, 0.4) is 0 Å². The molecular weight excluding hydrogens is 621 g/mol. The monoisotopic (exact) mass is 647 g/mol. The molecule has 1 saturated heterocycles. The maximum atomic E-state index is 13.0. The van der Waals surface area contributed by atoms with Crippen LogP contribution in [0.2, 0.25) is 0 Å². The number of pyridine rings is 1. The van der Waals surface area contributed by atoms with Crippen LogP contribution in [0, 0.1) is 0 Å². The molecule has 1 aliphatic rings. The Bertz CT molecular complexity index is 1390. The Morgan fingerprint density at radius 1 is 1.16 bits per heavy atom. The average Bonchev–Trinajstić information content (AvgIpc) is 3.65. The third-order valence-electron chi connectivity index (χ3n) is 5.92. The fraction of sp³-hybridized carbons (Fsp3) is 0.280. The number of amides is 1. The van der Waals surface area contributed by atoms with E-state index in [4.69, 9.17) is 12.5 Å². The summed E-state index contributed by atoms with van der Waals surface area (Å²) in [6.07, 6.45) is 7.02. The third kappa shape index (κ3) is 6.06. The summed E-state index contributed by atoms with van der Waals surface area (Å²) in [5.41, 5.74) is 3.72. The van der Waals surface area contributed by atoms with Gasteiger partial charge < -0.3 is 28.1 Å². The van der Waals surface area contributed by atoms with Crippen LogP contribution in [0.25, 0.3) is 16.3 Å². The summed E-state index contributed by atoms with van der Waals surface area (Å²) >= 11 is 3.18. The highest BCUT2D eigenvalue weighted by Gasteiger charge is 2.18. The average molecular weight is 647 g/mol. The first kappa shape index (κ1) is 26.3. The Balaban J connectivity index is 1.29. The highest BCUT2D eigenvalue weighted by atomic mass is 127. The summed E-state index contributed by atoms with van der Waals surface area (Å²) in [6, 6.07) is 7.62. The molecule has 0 radical (unpaired) electrons. The Hall–Kier alpha value is -3.27. The van der Waals surface area contributed by atoms with E-state index in [1.165, 1.54) is 11.3 Å². The number of methoxy groups -OCH3 is 1. The molecule has 1 aliphatic heterocycles. The van der Waals surface area contributed by atoms with Crippen LogP contribution in [0.4, 0.5) is 11.4 Å². The molecule has 4 heterocycles. The summed E-state index contributed by atoms with van der Waals surface area (Å²) in [4.78, 5) is 24.0. The maximum absolute atomic E-state index is 13.0. The minimum Gasteiger partial charge on any atom is -0.493 e. The lowest BCUT2D eigenvalue weighted by atomic mass is 10.1. The Kier molecular flexibility index (Phi) is 8.68. The first-order valence-electron chi connectivity index (χ1n) is 11.9. The molecule has 0 atom stereocenters. The minimum atomic E-state index is -0.294. The molecule has 2 N–H and O–H groups in total. The number of piperazine rings is 1. The van der Waals surface area contributed by atoms with E-state index in [2.05, 4.69) is 30.6 Å². The smallest absolute Gasteiger partial charge is 0.275 e. The van der Waals surface area contributed by atoms with Gasteiger partial charge in [-0.2, -0.15) is 5.10 Å². The van der Waals surface area contributed by atoms with Gasteiger partial charge in [-0.15, -0.1) is 11.3 Å². The number of hydrogen-bond acceptors (Lipinski definition) is 10. The summed E-state index contributed by atoms with van der Waals surface area (Å²) in [5, 5.41) is 13.1. The van der Waals surface area contributed by atoms with Gasteiger partial charge in [-0.25, -0.2) is 9.67 Å². The van der Waals surface area contributed by atoms with Crippen LogP contribution in [0.1, 0.15) is 10.5 Å². The van der Waals surface area contributed by atoms with Gasteiger partial charge in [0.05, 0.1) is 37.5 Å². The number of aromatic nitrogens is 4. The lowest BCUT2D eigenvalue weighted by molar-refractivity contribution is 0.102. The Labute approximate surface area is 237 Å². The molecule has 3 aromatic heterocycles. The third-order valence-corrected chi connectivity index (χ3v) is 7.19. The quantitative estimate of drug-likeness (QED) is 0.196. The van der Waals surface area contributed by atoms with Crippen LogP contribution in [-0.2, 0) is 3.07 Å². The molecule has 0 aliphatic carbocycles. The number of carbonyl (C=O) groups excluding carboxylic acids is 1. The molecule has 13 heteroatoms. The van der Waals surface area contributed by atoms with Crippen LogP contribution < -0.4 is 25.0 Å². The lowest BCUT2D eigenvalue weighted by Crippen LogP contribution is -2.43. The predicted molar refractivity (Wildman–Crippen MR) is 154 cm³/mol. The zero-order valence-electron chi connectivity index (χ0n) is 20.6. The van der Waals surface area contributed by atoms with Gasteiger partial charge in [0, 0.05) is 49.5 Å². The molecular formula is C25H26IN7O4S. The van der Waals surface area contributed by atoms with Crippen molar-refractivity contribution >= 4 is 51.6 Å². The number of benzene rings is 1. The van der Waals surface area contributed by atoms with Gasteiger partial charge in [-0.3, -0.25) is 9.78 Å². The summed E-state index contributed by atoms with van der Waals surface area (Å²) in [7, 11) is 1.60. The maximum Gasteiger partial charge on any atom is 0.275 e. The molecule has 0 saturated carbocycles. The number of carbonyl (C=O) groups is 1. The van der Waals surface area contributed by atoms with Crippen LogP contribution >= 0.6 is 34.3 Å². The molecule has 1 aromatic carbocycles. The van der Waals surface area contributed by atoms with E-state index in [9.17, 15) is 4.79 Å². The highest BCUT2D eigenvalue weighted by molar-refractivity contribution is 14.1. The molecule has 1 amide bonds. The van der Waals surface area contributed by atoms with Gasteiger partial charge in [0.1, 0.15) is 35.3 Å². The molecule has 11 nitrogen and oxygen atoms in total. The zero-order chi connectivity index (χ0) is 26.3. The molecule has 0 unspecified atom stereocenters. The second-order valence-corrected chi connectivity index (χ2v) is 9.76. The van der Waals surface area contributed by atoms with Crippen molar-refractivity contribution in [1.29, 1.82) is 0 Å². The van der Waals surface area contributed by atoms with Crippen molar-refractivity contribution in [2.45, 2.75) is 0 Å². The van der Waals surface area contributed by atoms with Gasteiger partial charge in [0.15, 0.2) is 11.5 Å². The van der Waals surface area contributed by atoms with Crippen molar-refractivity contribution in [2.75, 3.05) is 56.7 Å². The van der Waals surface area contributed by atoms with Crippen molar-refractivity contribution < 1.29 is 17.3 Å². The summed E-state index contributed by atoms with van der Waals surface area (Å²) in [5.74, 6) is 0.964. The number of hydrogen-bond donors (Lipinski definition) is 2. The van der Waals surface area contributed by atoms with Gasteiger partial charge in [-0.05, 0) is 23.8 Å². The molecule has 198 valence electrons. The predicted octanol–water partition coefficient (Wildman–Crippen LogP) is 3.81. The topological polar surface area (TPSA) is 116 Å². The highest BCUT2D eigenvalue weighted by Crippen LogP contribution is 2.33. The van der Waals surface area contributed by atoms with E-state index in [-0.39, 0.29) is 5.91 Å². The fourth-order valence-corrected chi connectivity index (χ4v) is 4.97. The molecule has 38 heavy (non-hydrogen) atoms. The van der Waals surface area contributed by atoms with Crippen molar-refractivity contribution in [3.8, 4) is 27.8 Å². The number of nitrogens with one attached hydrogen (secondary N) is 2. The van der Waals surface area contributed by atoms with E-state index < -0.39 is 0 Å². The van der Waals surface area contributed by atoms with Crippen molar-refractivity contribution in [1.82, 2.24) is 25.1 Å². The van der Waals surface area contributed by atoms with E-state index in [1.807, 2.05) is 53.5 Å². The SMILES string of the molecule is COc1cc(-c2cnn(-c3nc(C(=O)Nc4cnccc4N4CCNCC4)cs3)c2)ccc1OCCOI. The van der Waals surface area contributed by atoms with E-state index in [1.54, 1.807) is 35.8 Å². The number of anilines is 2.